The molecule has 1 aliphatic heterocycles. The van der Waals surface area contributed by atoms with Gasteiger partial charge < -0.3 is 4.74 Å². The number of benzene rings is 1. The van der Waals surface area contributed by atoms with Gasteiger partial charge in [0.1, 0.15) is 12.4 Å². The summed E-state index contributed by atoms with van der Waals surface area (Å²) in [7, 11) is 0. The highest BCUT2D eigenvalue weighted by Crippen LogP contribution is 2.34. The van der Waals surface area contributed by atoms with E-state index in [-0.39, 0.29) is 0 Å². The molecular weight excluding hydrogens is 254 g/mol. The van der Waals surface area contributed by atoms with Gasteiger partial charge in [-0.25, -0.2) is 4.68 Å². The molecule has 2 heterocycles. The Bertz CT molecular complexity index is 607. The first-order valence-electron chi connectivity index (χ1n) is 7.10. The van der Waals surface area contributed by atoms with E-state index in [9.17, 15) is 0 Å². The third-order valence-corrected chi connectivity index (χ3v) is 3.85. The second-order valence-corrected chi connectivity index (χ2v) is 5.44. The quantitative estimate of drug-likeness (QED) is 0.844. The summed E-state index contributed by atoms with van der Waals surface area (Å²) in [6.07, 6.45) is 2.40. The lowest BCUT2D eigenvalue weighted by Gasteiger charge is -2.18. The van der Waals surface area contributed by atoms with Gasteiger partial charge in [0.05, 0.1) is 12.6 Å². The van der Waals surface area contributed by atoms with Gasteiger partial charge in [0.25, 0.3) is 0 Å². The molecule has 0 N–H and O–H groups in total. The maximum Gasteiger partial charge on any atom is 0.165 e. The number of ether oxygens (including phenoxy) is 1. The van der Waals surface area contributed by atoms with Crippen LogP contribution in [0.15, 0.2) is 24.3 Å². The summed E-state index contributed by atoms with van der Waals surface area (Å²) in [5.41, 5.74) is 1.23. The average molecular weight is 271 g/mol. The fourth-order valence-electron chi connectivity index (χ4n) is 2.63. The second kappa shape index (κ2) is 4.86. The predicted molar refractivity (Wildman–Crippen MR) is 72.1 cm³/mol. The summed E-state index contributed by atoms with van der Waals surface area (Å²) in [4.78, 5) is 2.34. The Morgan fingerprint density at radius 1 is 1.25 bits per heavy atom. The minimum atomic E-state index is 0.524. The zero-order valence-electron chi connectivity index (χ0n) is 11.3. The average Bonchev–Trinajstić information content (AvgIpc) is 3.23. The van der Waals surface area contributed by atoms with Crippen LogP contribution in [0.3, 0.4) is 0 Å². The Morgan fingerprint density at radius 3 is 3.05 bits per heavy atom. The van der Waals surface area contributed by atoms with Crippen LogP contribution in [0.25, 0.3) is 0 Å². The van der Waals surface area contributed by atoms with Crippen molar-refractivity contribution in [1.82, 2.24) is 25.1 Å². The van der Waals surface area contributed by atoms with Crippen LogP contribution in [-0.2, 0) is 13.1 Å². The van der Waals surface area contributed by atoms with Crippen LogP contribution < -0.4 is 4.74 Å². The van der Waals surface area contributed by atoms with E-state index in [1.165, 1.54) is 18.4 Å². The van der Waals surface area contributed by atoms with Crippen LogP contribution >= 0.6 is 0 Å². The highest BCUT2D eigenvalue weighted by atomic mass is 16.5. The van der Waals surface area contributed by atoms with Gasteiger partial charge >= 0.3 is 0 Å². The van der Waals surface area contributed by atoms with Gasteiger partial charge in [-0.1, -0.05) is 18.2 Å². The molecule has 2 aromatic rings. The molecule has 0 bridgehead atoms. The van der Waals surface area contributed by atoms with E-state index < -0.39 is 0 Å². The molecule has 1 aliphatic carbocycles. The molecule has 2 aliphatic rings. The van der Waals surface area contributed by atoms with Crippen molar-refractivity contribution in [2.75, 3.05) is 13.2 Å². The van der Waals surface area contributed by atoms with Gasteiger partial charge in [-0.15, -0.1) is 5.10 Å². The van der Waals surface area contributed by atoms with Crippen LogP contribution in [0.1, 0.15) is 30.3 Å². The topological polar surface area (TPSA) is 56.1 Å². The summed E-state index contributed by atoms with van der Waals surface area (Å²) in [5.74, 6) is 1.96. The molecule has 0 spiro atoms. The lowest BCUT2D eigenvalue weighted by atomic mass is 10.2. The monoisotopic (exact) mass is 271 g/mol. The molecule has 6 nitrogen and oxygen atoms in total. The van der Waals surface area contributed by atoms with Gasteiger partial charge in [0, 0.05) is 18.7 Å². The van der Waals surface area contributed by atoms with Crippen molar-refractivity contribution >= 4 is 0 Å². The second-order valence-electron chi connectivity index (χ2n) is 5.44. The first-order valence-corrected chi connectivity index (χ1v) is 7.10. The number of rotatable bonds is 3. The Morgan fingerprint density at radius 2 is 2.15 bits per heavy atom. The van der Waals surface area contributed by atoms with E-state index in [2.05, 4.69) is 32.6 Å². The van der Waals surface area contributed by atoms with Crippen molar-refractivity contribution < 1.29 is 4.74 Å². The van der Waals surface area contributed by atoms with Crippen LogP contribution in [0.5, 0.6) is 5.75 Å². The maximum absolute atomic E-state index is 5.79. The first-order chi connectivity index (χ1) is 9.90. The Hall–Kier alpha value is -1.95. The third kappa shape index (κ3) is 2.27. The molecule has 20 heavy (non-hydrogen) atoms. The van der Waals surface area contributed by atoms with E-state index in [1.807, 2.05) is 16.8 Å². The molecule has 1 aromatic heterocycles. The Kier molecular flexibility index (Phi) is 2.88. The molecule has 0 radical (unpaired) electrons. The van der Waals surface area contributed by atoms with Gasteiger partial charge in [-0.2, -0.15) is 0 Å². The molecule has 6 heteroatoms. The van der Waals surface area contributed by atoms with Crippen molar-refractivity contribution in [3.8, 4) is 5.75 Å². The number of tetrazole rings is 1. The molecule has 0 amide bonds. The standard InChI is InChI=1S/C14H17N5O/c1-2-4-13-11(3-1)9-18(7-8-20-13)10-14-15-16-17-19(14)12-5-6-12/h1-4,12H,5-10H2. The van der Waals surface area contributed by atoms with Crippen molar-refractivity contribution in [3.05, 3.63) is 35.7 Å². The van der Waals surface area contributed by atoms with Crippen molar-refractivity contribution in [1.29, 1.82) is 0 Å². The van der Waals surface area contributed by atoms with E-state index in [4.69, 9.17) is 4.74 Å². The van der Waals surface area contributed by atoms with Gasteiger partial charge in [-0.3, -0.25) is 4.90 Å². The normalized spacial score (nSPS) is 19.2. The molecule has 1 aromatic carbocycles. The van der Waals surface area contributed by atoms with Gasteiger partial charge in [0.15, 0.2) is 5.82 Å². The highest BCUT2D eigenvalue weighted by molar-refractivity contribution is 5.33. The zero-order chi connectivity index (χ0) is 13.4. The van der Waals surface area contributed by atoms with E-state index in [1.54, 1.807) is 0 Å². The van der Waals surface area contributed by atoms with E-state index in [0.717, 1.165) is 31.2 Å². The lowest BCUT2D eigenvalue weighted by molar-refractivity contribution is 0.212. The van der Waals surface area contributed by atoms with Crippen LogP contribution in [0.4, 0.5) is 0 Å². The molecular formula is C14H17N5O. The smallest absolute Gasteiger partial charge is 0.165 e. The molecule has 0 atom stereocenters. The number of hydrogen-bond acceptors (Lipinski definition) is 5. The number of hydrogen-bond donors (Lipinski definition) is 0. The summed E-state index contributed by atoms with van der Waals surface area (Å²) in [5, 5.41) is 12.1. The highest BCUT2D eigenvalue weighted by Gasteiger charge is 2.28. The molecule has 104 valence electrons. The number of nitrogens with zero attached hydrogens (tertiary/aromatic N) is 5. The largest absolute Gasteiger partial charge is 0.492 e. The summed E-state index contributed by atoms with van der Waals surface area (Å²) >= 11 is 0. The summed E-state index contributed by atoms with van der Waals surface area (Å²) < 4.78 is 7.77. The number of fused-ring (bicyclic) bond motifs is 1. The maximum atomic E-state index is 5.79. The third-order valence-electron chi connectivity index (χ3n) is 3.85. The Labute approximate surface area is 117 Å². The zero-order valence-corrected chi connectivity index (χ0v) is 11.3. The fraction of sp³-hybridized carbons (Fsp3) is 0.500. The van der Waals surface area contributed by atoms with E-state index >= 15 is 0 Å². The SMILES string of the molecule is c1ccc2c(c1)CN(Cc1nnnn1C1CC1)CCO2. The molecule has 0 unspecified atom stereocenters. The number of aromatic nitrogens is 4. The van der Waals surface area contributed by atoms with Crippen LogP contribution in [0, 0.1) is 0 Å². The predicted octanol–water partition coefficient (Wildman–Crippen LogP) is 1.40. The van der Waals surface area contributed by atoms with Crippen molar-refractivity contribution in [2.45, 2.75) is 32.0 Å². The molecule has 1 fully saturated rings. The first kappa shape index (κ1) is 11.8. The Balaban J connectivity index is 1.53. The van der Waals surface area contributed by atoms with E-state index in [0.29, 0.717) is 12.6 Å². The van der Waals surface area contributed by atoms with Crippen molar-refractivity contribution in [3.63, 3.8) is 0 Å². The van der Waals surface area contributed by atoms with Gasteiger partial charge in [0.2, 0.25) is 0 Å². The number of para-hydroxylation sites is 1. The van der Waals surface area contributed by atoms with Crippen molar-refractivity contribution in [2.24, 2.45) is 0 Å². The fourth-order valence-corrected chi connectivity index (χ4v) is 2.63. The minimum absolute atomic E-state index is 0.524. The van der Waals surface area contributed by atoms with Crippen LogP contribution in [0.2, 0.25) is 0 Å². The van der Waals surface area contributed by atoms with Crippen LogP contribution in [-0.4, -0.2) is 38.3 Å². The molecule has 1 saturated carbocycles. The molecule has 0 saturated heterocycles. The summed E-state index contributed by atoms with van der Waals surface area (Å²) in [6.45, 7) is 3.27. The molecule has 4 rings (SSSR count). The minimum Gasteiger partial charge on any atom is -0.492 e. The summed E-state index contributed by atoms with van der Waals surface area (Å²) in [6, 6.07) is 8.75. The lowest BCUT2D eigenvalue weighted by Crippen LogP contribution is -2.27. The van der Waals surface area contributed by atoms with Gasteiger partial charge in [-0.05, 0) is 29.3 Å².